The van der Waals surface area contributed by atoms with Gasteiger partial charge in [-0.1, -0.05) is 27.7 Å². The van der Waals surface area contributed by atoms with Crippen LogP contribution in [-0.4, -0.2) is 22.5 Å². The summed E-state index contributed by atoms with van der Waals surface area (Å²) in [5.41, 5.74) is 3.13. The van der Waals surface area contributed by atoms with E-state index >= 15 is 0 Å². The molecule has 0 aliphatic rings. The highest BCUT2D eigenvalue weighted by Crippen LogP contribution is 2.46. The molecule has 84 valence electrons. The minimum Gasteiger partial charge on any atom is -0.265 e. The molecule has 0 spiro atoms. The minimum absolute atomic E-state index is 0.177. The number of hydrogen-bond donors (Lipinski definition) is 0. The van der Waals surface area contributed by atoms with E-state index in [-0.39, 0.29) is 7.92 Å². The maximum Gasteiger partial charge on any atom is 0.0270 e. The molecule has 2 heteroatoms. The van der Waals surface area contributed by atoms with Crippen LogP contribution < -0.4 is 0 Å². The molecule has 0 radical (unpaired) electrons. The zero-order valence-corrected chi connectivity index (χ0v) is 11.2. The molecule has 0 bridgehead atoms. The fourth-order valence-corrected chi connectivity index (χ4v) is 4.66. The lowest BCUT2D eigenvalue weighted by molar-refractivity contribution is 0.981. The summed E-state index contributed by atoms with van der Waals surface area (Å²) in [6, 6.07) is 4.27. The first-order valence-corrected chi connectivity index (χ1v) is 7.42. The van der Waals surface area contributed by atoms with Crippen LogP contribution in [0, 0.1) is 0 Å². The van der Waals surface area contributed by atoms with Gasteiger partial charge in [-0.2, -0.15) is 0 Å². The predicted molar refractivity (Wildman–Crippen MR) is 70.0 cm³/mol. The molecule has 1 nitrogen and oxygen atoms in total. The zero-order chi connectivity index (χ0) is 11.3. The van der Waals surface area contributed by atoms with E-state index in [4.69, 9.17) is 0 Å². The predicted octanol–water partition coefficient (Wildman–Crippen LogP) is 3.92. The first-order chi connectivity index (χ1) is 7.11. The van der Waals surface area contributed by atoms with Crippen molar-refractivity contribution in [2.24, 2.45) is 0 Å². The lowest BCUT2D eigenvalue weighted by Crippen LogP contribution is -2.08. The Morgan fingerprint density at radius 2 is 1.60 bits per heavy atom. The third kappa shape index (κ3) is 4.30. The molecular weight excluding hydrogens is 201 g/mol. The molecule has 0 amide bonds. The van der Waals surface area contributed by atoms with Crippen LogP contribution in [0.25, 0.3) is 0 Å². The smallest absolute Gasteiger partial charge is 0.0270 e. The van der Waals surface area contributed by atoms with Crippen LogP contribution in [0.3, 0.4) is 0 Å². The minimum atomic E-state index is 0.177. The SMILES string of the molecule is CC(C)P(CCc1ccncc1)C(C)C. The number of hydrogen-bond acceptors (Lipinski definition) is 1. The average molecular weight is 223 g/mol. The Kier molecular flexibility index (Phi) is 5.25. The number of pyridine rings is 1. The van der Waals surface area contributed by atoms with Crippen molar-refractivity contribution in [2.45, 2.75) is 45.4 Å². The van der Waals surface area contributed by atoms with Gasteiger partial charge in [0.25, 0.3) is 0 Å². The van der Waals surface area contributed by atoms with E-state index in [0.29, 0.717) is 0 Å². The summed E-state index contributed by atoms with van der Waals surface area (Å²) in [5, 5.41) is 0. The van der Waals surface area contributed by atoms with Gasteiger partial charge < -0.3 is 0 Å². The number of nitrogens with zero attached hydrogens (tertiary/aromatic N) is 1. The van der Waals surface area contributed by atoms with Gasteiger partial charge in [0.2, 0.25) is 0 Å². The molecule has 1 aromatic rings. The Morgan fingerprint density at radius 3 is 2.07 bits per heavy atom. The van der Waals surface area contributed by atoms with Crippen molar-refractivity contribution in [3.63, 3.8) is 0 Å². The van der Waals surface area contributed by atoms with E-state index in [1.807, 2.05) is 12.4 Å². The molecule has 0 saturated carbocycles. The van der Waals surface area contributed by atoms with E-state index in [2.05, 4.69) is 44.8 Å². The molecule has 0 saturated heterocycles. The lowest BCUT2D eigenvalue weighted by Gasteiger charge is -2.25. The maximum absolute atomic E-state index is 4.05. The molecule has 0 aromatic carbocycles. The van der Waals surface area contributed by atoms with Gasteiger partial charge in [-0.3, -0.25) is 4.98 Å². The van der Waals surface area contributed by atoms with E-state index in [0.717, 1.165) is 11.3 Å². The standard InChI is InChI=1S/C13H22NP/c1-11(2)15(12(3)4)10-7-13-5-8-14-9-6-13/h5-6,8-9,11-12H,7,10H2,1-4H3. The summed E-state index contributed by atoms with van der Waals surface area (Å²) in [6.45, 7) is 9.44. The molecule has 0 aliphatic heterocycles. The monoisotopic (exact) mass is 223 g/mol. The molecule has 1 rings (SSSR count). The molecule has 0 aliphatic carbocycles. The summed E-state index contributed by atoms with van der Waals surface area (Å²) in [6.07, 6.45) is 6.35. The van der Waals surface area contributed by atoms with Crippen LogP contribution in [0.4, 0.5) is 0 Å². The molecular formula is C13H22NP. The van der Waals surface area contributed by atoms with Gasteiger partial charge in [-0.05, 0) is 41.6 Å². The van der Waals surface area contributed by atoms with Crippen LogP contribution in [-0.2, 0) is 6.42 Å². The second-order valence-corrected chi connectivity index (χ2v) is 8.07. The summed E-state index contributed by atoms with van der Waals surface area (Å²) in [4.78, 5) is 4.05. The van der Waals surface area contributed by atoms with Crippen molar-refractivity contribution in [3.8, 4) is 0 Å². The van der Waals surface area contributed by atoms with Crippen molar-refractivity contribution in [1.82, 2.24) is 4.98 Å². The van der Waals surface area contributed by atoms with Crippen molar-refractivity contribution in [1.29, 1.82) is 0 Å². The van der Waals surface area contributed by atoms with E-state index in [1.54, 1.807) is 0 Å². The maximum atomic E-state index is 4.05. The third-order valence-electron chi connectivity index (χ3n) is 2.73. The second kappa shape index (κ2) is 6.23. The normalized spacial score (nSPS) is 11.7. The molecule has 0 N–H and O–H groups in total. The Hall–Kier alpha value is -0.420. The van der Waals surface area contributed by atoms with Gasteiger partial charge in [-0.25, -0.2) is 0 Å². The number of aryl methyl sites for hydroxylation is 1. The summed E-state index contributed by atoms with van der Waals surface area (Å²) >= 11 is 0. The summed E-state index contributed by atoms with van der Waals surface area (Å²) in [7, 11) is 0.177. The van der Waals surface area contributed by atoms with Crippen molar-refractivity contribution < 1.29 is 0 Å². The molecule has 1 aromatic heterocycles. The first-order valence-electron chi connectivity index (χ1n) is 5.76. The second-order valence-electron chi connectivity index (χ2n) is 4.53. The van der Waals surface area contributed by atoms with Gasteiger partial charge in [0.1, 0.15) is 0 Å². The topological polar surface area (TPSA) is 12.9 Å². The van der Waals surface area contributed by atoms with Gasteiger partial charge >= 0.3 is 0 Å². The quantitative estimate of drug-likeness (QED) is 0.689. The molecule has 0 fully saturated rings. The Labute approximate surface area is 95.1 Å². The Morgan fingerprint density at radius 1 is 1.07 bits per heavy atom. The molecule has 15 heavy (non-hydrogen) atoms. The van der Waals surface area contributed by atoms with Gasteiger partial charge in [0.05, 0.1) is 0 Å². The van der Waals surface area contributed by atoms with Crippen molar-refractivity contribution >= 4 is 7.92 Å². The zero-order valence-electron chi connectivity index (χ0n) is 10.3. The highest BCUT2D eigenvalue weighted by molar-refractivity contribution is 7.59. The van der Waals surface area contributed by atoms with Crippen molar-refractivity contribution in [2.75, 3.05) is 6.16 Å². The van der Waals surface area contributed by atoms with E-state index in [9.17, 15) is 0 Å². The fraction of sp³-hybridized carbons (Fsp3) is 0.615. The average Bonchev–Trinajstić information content (AvgIpc) is 2.18. The summed E-state index contributed by atoms with van der Waals surface area (Å²) in [5.74, 6) is 0. The van der Waals surface area contributed by atoms with Crippen LogP contribution in [0.5, 0.6) is 0 Å². The fourth-order valence-electron chi connectivity index (χ4n) is 1.92. The number of rotatable bonds is 5. The highest BCUT2D eigenvalue weighted by Gasteiger charge is 2.15. The van der Waals surface area contributed by atoms with Crippen LogP contribution in [0.1, 0.15) is 33.3 Å². The van der Waals surface area contributed by atoms with Gasteiger partial charge in [0.15, 0.2) is 0 Å². The van der Waals surface area contributed by atoms with Crippen LogP contribution in [0.2, 0.25) is 0 Å². The van der Waals surface area contributed by atoms with Gasteiger partial charge in [0, 0.05) is 12.4 Å². The van der Waals surface area contributed by atoms with Crippen LogP contribution in [0.15, 0.2) is 24.5 Å². The largest absolute Gasteiger partial charge is 0.265 e. The number of aromatic nitrogens is 1. The molecule has 1 heterocycles. The third-order valence-corrected chi connectivity index (χ3v) is 6.13. The highest BCUT2D eigenvalue weighted by atomic mass is 31.1. The first kappa shape index (κ1) is 12.6. The van der Waals surface area contributed by atoms with E-state index < -0.39 is 0 Å². The van der Waals surface area contributed by atoms with E-state index in [1.165, 1.54) is 18.1 Å². The Bertz CT molecular complexity index is 261. The lowest BCUT2D eigenvalue weighted by atomic mass is 10.2. The Balaban J connectivity index is 2.47. The van der Waals surface area contributed by atoms with Crippen LogP contribution >= 0.6 is 7.92 Å². The van der Waals surface area contributed by atoms with Gasteiger partial charge in [-0.15, -0.1) is 7.92 Å². The van der Waals surface area contributed by atoms with Crippen molar-refractivity contribution in [3.05, 3.63) is 30.1 Å². The molecule has 0 atom stereocenters. The molecule has 0 unspecified atom stereocenters. The summed E-state index contributed by atoms with van der Waals surface area (Å²) < 4.78 is 0.